The number of amides is 1. The number of rotatable bonds is 7. The monoisotopic (exact) mass is 408 g/mol. The van der Waals surface area contributed by atoms with Crippen LogP contribution in [0.2, 0.25) is 0 Å². The predicted octanol–water partition coefficient (Wildman–Crippen LogP) is 3.65. The van der Waals surface area contributed by atoms with Crippen molar-refractivity contribution in [1.82, 2.24) is 5.32 Å². The highest BCUT2D eigenvalue weighted by atomic mass is 16.5. The minimum absolute atomic E-state index is 0.0638. The molecule has 1 heterocycles. The molecular weight excluding hydrogens is 384 g/mol. The molecule has 3 rings (SSSR count). The molecule has 1 amide bonds. The first-order valence-corrected chi connectivity index (χ1v) is 9.66. The van der Waals surface area contributed by atoms with Crippen LogP contribution in [0.5, 0.6) is 23.0 Å². The van der Waals surface area contributed by atoms with Crippen LogP contribution in [0.15, 0.2) is 42.5 Å². The lowest BCUT2D eigenvalue weighted by Gasteiger charge is -2.15. The van der Waals surface area contributed by atoms with Gasteiger partial charge in [-0.2, -0.15) is 5.26 Å². The van der Waals surface area contributed by atoms with Crippen molar-refractivity contribution in [3.8, 4) is 29.1 Å². The third kappa shape index (κ3) is 5.45. The summed E-state index contributed by atoms with van der Waals surface area (Å²) in [6.07, 6.45) is 3.99. The fourth-order valence-corrected chi connectivity index (χ4v) is 2.98. The van der Waals surface area contributed by atoms with Crippen molar-refractivity contribution in [2.45, 2.75) is 19.4 Å². The molecule has 0 saturated carbocycles. The van der Waals surface area contributed by atoms with Crippen molar-refractivity contribution in [2.75, 3.05) is 26.9 Å². The Bertz CT molecular complexity index is 965. The molecule has 0 saturated heterocycles. The number of nitrogens with one attached hydrogen (secondary N) is 1. The molecule has 0 bridgehead atoms. The summed E-state index contributed by atoms with van der Waals surface area (Å²) in [5.41, 5.74) is 1.70. The van der Waals surface area contributed by atoms with Crippen LogP contribution in [0, 0.1) is 11.3 Å². The first-order chi connectivity index (χ1) is 14.6. The molecule has 7 heteroatoms. The molecule has 0 aromatic heterocycles. The summed E-state index contributed by atoms with van der Waals surface area (Å²) in [7, 11) is 1.52. The van der Waals surface area contributed by atoms with Crippen LogP contribution in [0.1, 0.15) is 30.5 Å². The van der Waals surface area contributed by atoms with E-state index in [1.165, 1.54) is 13.2 Å². The van der Waals surface area contributed by atoms with Gasteiger partial charge in [-0.05, 0) is 48.4 Å². The lowest BCUT2D eigenvalue weighted by atomic mass is 10.1. The average Bonchev–Trinajstić information content (AvgIpc) is 3.01. The van der Waals surface area contributed by atoms with E-state index in [2.05, 4.69) is 5.32 Å². The Balaban J connectivity index is 1.63. The maximum atomic E-state index is 12.4. The van der Waals surface area contributed by atoms with Gasteiger partial charge in [0.25, 0.3) is 0 Å². The zero-order valence-electron chi connectivity index (χ0n) is 17.0. The van der Waals surface area contributed by atoms with Gasteiger partial charge in [-0.3, -0.25) is 4.79 Å². The molecule has 156 valence electrons. The van der Waals surface area contributed by atoms with E-state index >= 15 is 0 Å². The number of nitriles is 1. The second-order valence-electron chi connectivity index (χ2n) is 6.68. The van der Waals surface area contributed by atoms with E-state index in [0.717, 1.165) is 23.3 Å². The molecule has 1 unspecified atom stereocenters. The van der Waals surface area contributed by atoms with Crippen molar-refractivity contribution in [1.29, 1.82) is 5.26 Å². The summed E-state index contributed by atoms with van der Waals surface area (Å²) in [6, 6.07) is 12.6. The molecule has 1 aliphatic heterocycles. The number of hydrogen-bond acceptors (Lipinski definition) is 6. The van der Waals surface area contributed by atoms with Crippen molar-refractivity contribution in [2.24, 2.45) is 0 Å². The van der Waals surface area contributed by atoms with Gasteiger partial charge in [0, 0.05) is 12.5 Å². The van der Waals surface area contributed by atoms with Gasteiger partial charge >= 0.3 is 0 Å². The third-order valence-corrected chi connectivity index (χ3v) is 4.54. The van der Waals surface area contributed by atoms with Crippen molar-refractivity contribution >= 4 is 12.0 Å². The van der Waals surface area contributed by atoms with Crippen LogP contribution in [-0.4, -0.2) is 32.8 Å². The standard InChI is InChI=1S/C23H24N2O5/c1-16(18-6-8-20-22(15-18)29-12-3-11-28-20)25-23(26)9-5-17-4-7-19(30-13-10-24)21(14-17)27-2/h4-9,14-16H,3,11-13H2,1-2H3,(H,25,26)/b9-5+. The minimum atomic E-state index is -0.224. The Kier molecular flexibility index (Phi) is 7.17. The van der Waals surface area contributed by atoms with Gasteiger partial charge in [-0.15, -0.1) is 0 Å². The summed E-state index contributed by atoms with van der Waals surface area (Å²) in [4.78, 5) is 12.4. The molecule has 2 aromatic carbocycles. The quantitative estimate of drug-likeness (QED) is 0.704. The van der Waals surface area contributed by atoms with E-state index < -0.39 is 0 Å². The Morgan fingerprint density at radius 3 is 2.77 bits per heavy atom. The van der Waals surface area contributed by atoms with Crippen molar-refractivity contribution < 1.29 is 23.7 Å². The second-order valence-corrected chi connectivity index (χ2v) is 6.68. The molecule has 0 spiro atoms. The van der Waals surface area contributed by atoms with Gasteiger partial charge in [0.05, 0.1) is 26.4 Å². The normalized spacial score (nSPS) is 13.8. The van der Waals surface area contributed by atoms with Crippen molar-refractivity contribution in [3.63, 3.8) is 0 Å². The molecule has 2 aromatic rings. The Hall–Kier alpha value is -3.66. The number of carbonyl (C=O) groups is 1. The lowest BCUT2D eigenvalue weighted by Crippen LogP contribution is -2.24. The number of ether oxygens (including phenoxy) is 4. The number of methoxy groups -OCH3 is 1. The van der Waals surface area contributed by atoms with E-state index in [1.54, 1.807) is 24.3 Å². The second kappa shape index (κ2) is 10.2. The highest BCUT2D eigenvalue weighted by molar-refractivity contribution is 5.92. The van der Waals surface area contributed by atoms with Crippen LogP contribution in [0.25, 0.3) is 6.08 Å². The number of benzene rings is 2. The Morgan fingerprint density at radius 2 is 2.00 bits per heavy atom. The van der Waals surface area contributed by atoms with Crippen LogP contribution in [0.4, 0.5) is 0 Å². The molecule has 7 nitrogen and oxygen atoms in total. The predicted molar refractivity (Wildman–Crippen MR) is 112 cm³/mol. The topological polar surface area (TPSA) is 89.8 Å². The fourth-order valence-electron chi connectivity index (χ4n) is 2.98. The van der Waals surface area contributed by atoms with Gasteiger partial charge < -0.3 is 24.3 Å². The largest absolute Gasteiger partial charge is 0.493 e. The van der Waals surface area contributed by atoms with E-state index in [1.807, 2.05) is 31.2 Å². The molecule has 30 heavy (non-hydrogen) atoms. The number of carbonyl (C=O) groups excluding carboxylic acids is 1. The maximum Gasteiger partial charge on any atom is 0.244 e. The zero-order valence-corrected chi connectivity index (χ0v) is 17.0. The number of hydrogen-bond donors (Lipinski definition) is 1. The van der Waals surface area contributed by atoms with E-state index in [0.29, 0.717) is 30.5 Å². The molecule has 0 aliphatic carbocycles. The van der Waals surface area contributed by atoms with E-state index in [-0.39, 0.29) is 18.6 Å². The first kappa shape index (κ1) is 21.1. The summed E-state index contributed by atoms with van der Waals surface area (Å²) in [6.45, 7) is 3.10. The average molecular weight is 408 g/mol. The lowest BCUT2D eigenvalue weighted by molar-refractivity contribution is -0.117. The van der Waals surface area contributed by atoms with Crippen LogP contribution < -0.4 is 24.3 Å². The summed E-state index contributed by atoms with van der Waals surface area (Å²) in [5.74, 6) is 2.17. The summed E-state index contributed by atoms with van der Waals surface area (Å²) < 4.78 is 21.9. The molecule has 1 aliphatic rings. The Morgan fingerprint density at radius 1 is 1.20 bits per heavy atom. The third-order valence-electron chi connectivity index (χ3n) is 4.54. The molecule has 0 radical (unpaired) electrons. The van der Waals surface area contributed by atoms with Gasteiger partial charge in [-0.25, -0.2) is 0 Å². The molecule has 1 N–H and O–H groups in total. The summed E-state index contributed by atoms with van der Waals surface area (Å²) in [5, 5.41) is 11.6. The Labute approximate surface area is 175 Å². The smallest absolute Gasteiger partial charge is 0.244 e. The molecule has 0 fully saturated rings. The number of nitrogens with zero attached hydrogens (tertiary/aromatic N) is 1. The van der Waals surface area contributed by atoms with E-state index in [4.69, 9.17) is 24.2 Å². The van der Waals surface area contributed by atoms with E-state index in [9.17, 15) is 4.79 Å². The van der Waals surface area contributed by atoms with Crippen LogP contribution >= 0.6 is 0 Å². The van der Waals surface area contributed by atoms with Crippen LogP contribution in [0.3, 0.4) is 0 Å². The summed E-state index contributed by atoms with van der Waals surface area (Å²) >= 11 is 0. The zero-order chi connectivity index (χ0) is 21.3. The maximum absolute atomic E-state index is 12.4. The van der Waals surface area contributed by atoms with Crippen molar-refractivity contribution in [3.05, 3.63) is 53.6 Å². The fraction of sp³-hybridized carbons (Fsp3) is 0.304. The highest BCUT2D eigenvalue weighted by Gasteiger charge is 2.14. The number of fused-ring (bicyclic) bond motifs is 1. The minimum Gasteiger partial charge on any atom is -0.493 e. The SMILES string of the molecule is COc1cc(/C=C/C(=O)NC(C)c2ccc3c(c2)OCCCO3)ccc1OCC#N. The first-order valence-electron chi connectivity index (χ1n) is 9.66. The molecule has 1 atom stereocenters. The van der Waals surface area contributed by atoms with Gasteiger partial charge in [0.2, 0.25) is 5.91 Å². The molecular formula is C23H24N2O5. The van der Waals surface area contributed by atoms with Gasteiger partial charge in [-0.1, -0.05) is 12.1 Å². The van der Waals surface area contributed by atoms with Crippen LogP contribution in [-0.2, 0) is 4.79 Å². The van der Waals surface area contributed by atoms with Gasteiger partial charge in [0.15, 0.2) is 29.6 Å². The highest BCUT2D eigenvalue weighted by Crippen LogP contribution is 2.32. The van der Waals surface area contributed by atoms with Gasteiger partial charge in [0.1, 0.15) is 6.07 Å².